The maximum absolute atomic E-state index is 12.3. The topological polar surface area (TPSA) is 54.5 Å². The van der Waals surface area contributed by atoms with Crippen LogP contribution >= 0.6 is 0 Å². The van der Waals surface area contributed by atoms with Gasteiger partial charge in [-0.15, -0.1) is 0 Å². The van der Waals surface area contributed by atoms with Gasteiger partial charge in [0.2, 0.25) is 0 Å². The number of ether oxygens (including phenoxy) is 1. The quantitative estimate of drug-likeness (QED) is 0.947. The summed E-state index contributed by atoms with van der Waals surface area (Å²) in [6.07, 6.45) is 1.63. The molecule has 0 bridgehead atoms. The van der Waals surface area contributed by atoms with Crippen LogP contribution in [0.5, 0.6) is 0 Å². The summed E-state index contributed by atoms with van der Waals surface area (Å²) in [5, 5.41) is 2.93. The molecule has 23 heavy (non-hydrogen) atoms. The third-order valence-corrected chi connectivity index (χ3v) is 3.82. The van der Waals surface area contributed by atoms with Crippen LogP contribution in [0.25, 0.3) is 0 Å². The average Bonchev–Trinajstić information content (AvgIpc) is 2.55. The van der Waals surface area contributed by atoms with Crippen LogP contribution in [-0.2, 0) is 4.74 Å². The van der Waals surface area contributed by atoms with Crippen molar-refractivity contribution in [2.24, 2.45) is 0 Å². The zero-order chi connectivity index (χ0) is 16.2. The van der Waals surface area contributed by atoms with E-state index in [1.807, 2.05) is 38.1 Å². The number of carbonyl (C=O) groups is 1. The highest BCUT2D eigenvalue weighted by Gasteiger charge is 2.13. The molecule has 1 amide bonds. The number of aromatic nitrogens is 1. The van der Waals surface area contributed by atoms with Crippen molar-refractivity contribution in [3.63, 3.8) is 0 Å². The minimum absolute atomic E-state index is 0.143. The van der Waals surface area contributed by atoms with Gasteiger partial charge in [0.1, 0.15) is 5.82 Å². The third-order valence-electron chi connectivity index (χ3n) is 3.82. The second-order valence-corrected chi connectivity index (χ2v) is 5.84. The first-order chi connectivity index (χ1) is 11.1. The Morgan fingerprint density at radius 1 is 1.13 bits per heavy atom. The van der Waals surface area contributed by atoms with Crippen LogP contribution in [0.4, 0.5) is 11.5 Å². The van der Waals surface area contributed by atoms with Gasteiger partial charge < -0.3 is 15.0 Å². The number of morpholine rings is 1. The summed E-state index contributed by atoms with van der Waals surface area (Å²) >= 11 is 0. The number of benzene rings is 1. The maximum atomic E-state index is 12.3. The van der Waals surface area contributed by atoms with Crippen LogP contribution in [0.2, 0.25) is 0 Å². The number of pyridine rings is 1. The Balaban J connectivity index is 1.69. The Hall–Kier alpha value is -2.40. The second-order valence-electron chi connectivity index (χ2n) is 5.84. The summed E-state index contributed by atoms with van der Waals surface area (Å²) in [7, 11) is 0. The lowest BCUT2D eigenvalue weighted by molar-refractivity contribution is 0.102. The highest BCUT2D eigenvalue weighted by molar-refractivity contribution is 6.04. The van der Waals surface area contributed by atoms with Gasteiger partial charge in [-0.1, -0.05) is 6.07 Å². The van der Waals surface area contributed by atoms with E-state index in [1.54, 1.807) is 6.20 Å². The van der Waals surface area contributed by atoms with E-state index in [-0.39, 0.29) is 5.91 Å². The van der Waals surface area contributed by atoms with E-state index >= 15 is 0 Å². The van der Waals surface area contributed by atoms with Crippen molar-refractivity contribution in [1.82, 2.24) is 4.98 Å². The van der Waals surface area contributed by atoms with Crippen molar-refractivity contribution in [3.8, 4) is 0 Å². The van der Waals surface area contributed by atoms with Crippen molar-refractivity contribution < 1.29 is 9.53 Å². The maximum Gasteiger partial charge on any atom is 0.257 e. The summed E-state index contributed by atoms with van der Waals surface area (Å²) in [5.74, 6) is 0.743. The molecule has 0 radical (unpaired) electrons. The van der Waals surface area contributed by atoms with Gasteiger partial charge in [-0.05, 0) is 49.2 Å². The molecular weight excluding hydrogens is 290 g/mol. The van der Waals surface area contributed by atoms with Crippen molar-refractivity contribution in [1.29, 1.82) is 0 Å². The predicted molar refractivity (Wildman–Crippen MR) is 91.1 cm³/mol. The first kappa shape index (κ1) is 15.5. The molecule has 1 fully saturated rings. The zero-order valence-corrected chi connectivity index (χ0v) is 13.5. The SMILES string of the molecule is Cc1cc(C)cc(NC(=O)c2ccc(N3CCOCC3)nc2)c1. The summed E-state index contributed by atoms with van der Waals surface area (Å²) in [6.45, 7) is 7.14. The van der Waals surface area contributed by atoms with Crippen LogP contribution in [0.15, 0.2) is 36.5 Å². The fourth-order valence-electron chi connectivity index (χ4n) is 2.75. The van der Waals surface area contributed by atoms with E-state index in [0.717, 1.165) is 48.9 Å². The van der Waals surface area contributed by atoms with Gasteiger partial charge in [-0.2, -0.15) is 0 Å². The van der Waals surface area contributed by atoms with E-state index in [9.17, 15) is 4.79 Å². The minimum Gasteiger partial charge on any atom is -0.378 e. The zero-order valence-electron chi connectivity index (χ0n) is 13.5. The fourth-order valence-corrected chi connectivity index (χ4v) is 2.75. The van der Waals surface area contributed by atoms with Crippen molar-refractivity contribution in [2.75, 3.05) is 36.5 Å². The molecule has 1 aliphatic rings. The van der Waals surface area contributed by atoms with Gasteiger partial charge in [0, 0.05) is 25.0 Å². The van der Waals surface area contributed by atoms with E-state index in [1.165, 1.54) is 0 Å². The number of nitrogens with one attached hydrogen (secondary N) is 1. The molecule has 2 heterocycles. The lowest BCUT2D eigenvalue weighted by Crippen LogP contribution is -2.36. The lowest BCUT2D eigenvalue weighted by Gasteiger charge is -2.27. The standard InChI is InChI=1S/C18H21N3O2/c1-13-9-14(2)11-16(10-13)20-18(22)15-3-4-17(19-12-15)21-5-7-23-8-6-21/h3-4,9-12H,5-8H2,1-2H3,(H,20,22). The van der Waals surface area contributed by atoms with Crippen LogP contribution in [0.3, 0.4) is 0 Å². The van der Waals surface area contributed by atoms with Crippen LogP contribution in [-0.4, -0.2) is 37.2 Å². The van der Waals surface area contributed by atoms with Crippen LogP contribution < -0.4 is 10.2 Å². The number of hydrogen-bond acceptors (Lipinski definition) is 4. The molecule has 1 saturated heterocycles. The highest BCUT2D eigenvalue weighted by atomic mass is 16.5. The van der Waals surface area contributed by atoms with Gasteiger partial charge in [-0.25, -0.2) is 4.98 Å². The molecule has 2 aromatic rings. The molecule has 0 spiro atoms. The normalized spacial score (nSPS) is 14.6. The van der Waals surface area contributed by atoms with E-state index in [2.05, 4.69) is 21.3 Å². The minimum atomic E-state index is -0.143. The van der Waals surface area contributed by atoms with Crippen LogP contribution in [0.1, 0.15) is 21.5 Å². The summed E-state index contributed by atoms with van der Waals surface area (Å²) in [6, 6.07) is 9.70. The number of hydrogen-bond donors (Lipinski definition) is 1. The first-order valence-electron chi connectivity index (χ1n) is 7.80. The largest absolute Gasteiger partial charge is 0.378 e. The summed E-state index contributed by atoms with van der Waals surface area (Å²) in [4.78, 5) is 18.9. The Bertz CT molecular complexity index is 672. The molecule has 0 atom stereocenters. The molecule has 5 nitrogen and oxygen atoms in total. The van der Waals surface area contributed by atoms with Crippen LogP contribution in [0, 0.1) is 13.8 Å². The second kappa shape index (κ2) is 6.79. The summed E-state index contributed by atoms with van der Waals surface area (Å²) < 4.78 is 5.34. The number of aryl methyl sites for hydroxylation is 2. The number of anilines is 2. The molecule has 0 unspecified atom stereocenters. The van der Waals surface area contributed by atoms with Crippen molar-refractivity contribution in [3.05, 3.63) is 53.2 Å². The first-order valence-corrected chi connectivity index (χ1v) is 7.80. The molecule has 1 aromatic heterocycles. The number of carbonyl (C=O) groups excluding carboxylic acids is 1. The lowest BCUT2D eigenvalue weighted by atomic mass is 10.1. The molecular formula is C18H21N3O2. The molecule has 120 valence electrons. The van der Waals surface area contributed by atoms with Crippen molar-refractivity contribution >= 4 is 17.4 Å². The number of amides is 1. The molecule has 0 aliphatic carbocycles. The molecule has 5 heteroatoms. The number of rotatable bonds is 3. The third kappa shape index (κ3) is 3.87. The van der Waals surface area contributed by atoms with Crippen molar-refractivity contribution in [2.45, 2.75) is 13.8 Å². The van der Waals surface area contributed by atoms with Gasteiger partial charge in [0.05, 0.1) is 18.8 Å². The smallest absolute Gasteiger partial charge is 0.257 e. The van der Waals surface area contributed by atoms with E-state index < -0.39 is 0 Å². The Morgan fingerprint density at radius 3 is 2.43 bits per heavy atom. The highest BCUT2D eigenvalue weighted by Crippen LogP contribution is 2.16. The molecule has 1 aliphatic heterocycles. The fraction of sp³-hybridized carbons (Fsp3) is 0.333. The Kier molecular flexibility index (Phi) is 4.57. The van der Waals surface area contributed by atoms with E-state index in [0.29, 0.717) is 5.56 Å². The van der Waals surface area contributed by atoms with Gasteiger partial charge >= 0.3 is 0 Å². The summed E-state index contributed by atoms with van der Waals surface area (Å²) in [5.41, 5.74) is 3.62. The van der Waals surface area contributed by atoms with Gasteiger partial charge in [0.25, 0.3) is 5.91 Å². The molecule has 3 rings (SSSR count). The Labute approximate surface area is 136 Å². The molecule has 1 N–H and O–H groups in total. The van der Waals surface area contributed by atoms with Gasteiger partial charge in [0.15, 0.2) is 0 Å². The molecule has 1 aromatic carbocycles. The van der Waals surface area contributed by atoms with E-state index in [4.69, 9.17) is 4.74 Å². The average molecular weight is 311 g/mol. The number of nitrogens with zero attached hydrogens (tertiary/aromatic N) is 2. The van der Waals surface area contributed by atoms with Gasteiger partial charge in [-0.3, -0.25) is 4.79 Å². The monoisotopic (exact) mass is 311 g/mol. The Morgan fingerprint density at radius 2 is 1.83 bits per heavy atom. The predicted octanol–water partition coefficient (Wildman–Crippen LogP) is 2.79. The molecule has 0 saturated carbocycles.